The number of methoxy groups -OCH3 is 1. The van der Waals surface area contributed by atoms with Gasteiger partial charge in [0.1, 0.15) is 0 Å². The third-order valence-electron chi connectivity index (χ3n) is 3.58. The van der Waals surface area contributed by atoms with Gasteiger partial charge in [0.2, 0.25) is 0 Å². The van der Waals surface area contributed by atoms with Gasteiger partial charge in [-0.2, -0.15) is 5.26 Å². The molecule has 134 valence electrons. The summed E-state index contributed by atoms with van der Waals surface area (Å²) in [5.74, 6) is 1.60. The molecular weight excluding hydrogens is 332 g/mol. The third-order valence-corrected chi connectivity index (χ3v) is 3.58. The summed E-state index contributed by atoms with van der Waals surface area (Å²) in [5.41, 5.74) is 1.78. The van der Waals surface area contributed by atoms with Crippen LogP contribution in [-0.2, 0) is 0 Å². The summed E-state index contributed by atoms with van der Waals surface area (Å²) in [5, 5.41) is 20.2. The van der Waals surface area contributed by atoms with Gasteiger partial charge in [0.05, 0.1) is 30.3 Å². The summed E-state index contributed by atoms with van der Waals surface area (Å²) in [6.45, 7) is 4.66. The van der Waals surface area contributed by atoms with E-state index in [1.54, 1.807) is 31.4 Å². The molecule has 0 aliphatic carbocycles. The fraction of sp³-hybridized carbons (Fsp3) is 0.250. The van der Waals surface area contributed by atoms with Crippen LogP contribution in [-0.4, -0.2) is 18.6 Å². The Kier molecular flexibility index (Phi) is 6.34. The molecule has 0 saturated carbocycles. The highest BCUT2D eigenvalue weighted by atomic mass is 16.6. The molecular formula is C20H20N2O4. The second kappa shape index (κ2) is 8.67. The molecule has 26 heavy (non-hydrogen) atoms. The molecule has 2 aromatic carbocycles. The maximum Gasteiger partial charge on any atom is 0.269 e. The monoisotopic (exact) mass is 352 g/mol. The number of benzene rings is 2. The Morgan fingerprint density at radius 1 is 1.23 bits per heavy atom. The molecule has 2 rings (SSSR count). The number of hydrogen-bond donors (Lipinski definition) is 0. The van der Waals surface area contributed by atoms with Crippen LogP contribution in [0.3, 0.4) is 0 Å². The predicted molar refractivity (Wildman–Crippen MR) is 99.9 cm³/mol. The smallest absolute Gasteiger partial charge is 0.269 e. The summed E-state index contributed by atoms with van der Waals surface area (Å²) in [6.07, 6.45) is 1.71. The lowest BCUT2D eigenvalue weighted by Gasteiger charge is -2.13. The van der Waals surface area contributed by atoms with Crippen molar-refractivity contribution >= 4 is 17.3 Å². The average molecular weight is 352 g/mol. The standard InChI is InChI=1S/C20H20N2O4/c1-14(2)13-26-20-11-15(4-9-19(20)25-3)10-17(12-21)16-5-7-18(8-6-16)22(23)24/h4-11,14H,13H2,1-3H3. The minimum absolute atomic E-state index is 0.0140. The van der Waals surface area contributed by atoms with Crippen LogP contribution in [0.5, 0.6) is 11.5 Å². The number of ether oxygens (including phenoxy) is 2. The first-order chi connectivity index (χ1) is 12.4. The molecule has 6 nitrogen and oxygen atoms in total. The summed E-state index contributed by atoms with van der Waals surface area (Å²) in [4.78, 5) is 10.3. The van der Waals surface area contributed by atoms with Gasteiger partial charge >= 0.3 is 0 Å². The Morgan fingerprint density at radius 2 is 1.92 bits per heavy atom. The Balaban J connectivity index is 2.34. The third kappa shape index (κ3) is 4.84. The summed E-state index contributed by atoms with van der Waals surface area (Å²) in [6, 6.07) is 13.4. The van der Waals surface area contributed by atoms with Crippen molar-refractivity contribution < 1.29 is 14.4 Å². The van der Waals surface area contributed by atoms with Crippen LogP contribution < -0.4 is 9.47 Å². The first-order valence-corrected chi connectivity index (χ1v) is 8.12. The maximum absolute atomic E-state index is 10.8. The van der Waals surface area contributed by atoms with Gasteiger partial charge in [-0.05, 0) is 47.4 Å². The molecule has 0 bridgehead atoms. The first kappa shape index (κ1) is 19.0. The normalized spacial score (nSPS) is 11.1. The molecule has 0 fully saturated rings. The van der Waals surface area contributed by atoms with Gasteiger partial charge in [0.25, 0.3) is 5.69 Å². The van der Waals surface area contributed by atoms with E-state index in [1.165, 1.54) is 12.1 Å². The molecule has 0 heterocycles. The van der Waals surface area contributed by atoms with Crippen LogP contribution in [0.1, 0.15) is 25.0 Å². The second-order valence-corrected chi connectivity index (χ2v) is 6.09. The van der Waals surface area contributed by atoms with Crippen LogP contribution in [0.15, 0.2) is 42.5 Å². The van der Waals surface area contributed by atoms with Crippen molar-refractivity contribution in [1.29, 1.82) is 5.26 Å². The van der Waals surface area contributed by atoms with Crippen molar-refractivity contribution in [1.82, 2.24) is 0 Å². The van der Waals surface area contributed by atoms with E-state index in [2.05, 4.69) is 19.9 Å². The number of hydrogen-bond acceptors (Lipinski definition) is 5. The zero-order valence-corrected chi connectivity index (χ0v) is 14.9. The quantitative estimate of drug-likeness (QED) is 0.312. The zero-order valence-electron chi connectivity index (χ0n) is 14.9. The molecule has 6 heteroatoms. The van der Waals surface area contributed by atoms with E-state index in [1.807, 2.05) is 12.1 Å². The lowest BCUT2D eigenvalue weighted by Crippen LogP contribution is -2.05. The molecule has 0 aromatic heterocycles. The van der Waals surface area contributed by atoms with E-state index in [4.69, 9.17) is 9.47 Å². The van der Waals surface area contributed by atoms with Gasteiger partial charge in [0.15, 0.2) is 11.5 Å². The number of non-ortho nitro benzene ring substituents is 1. The van der Waals surface area contributed by atoms with E-state index in [9.17, 15) is 15.4 Å². The molecule has 0 unspecified atom stereocenters. The highest BCUT2D eigenvalue weighted by molar-refractivity contribution is 5.90. The van der Waals surface area contributed by atoms with Crippen molar-refractivity contribution in [2.24, 2.45) is 5.92 Å². The molecule has 0 aliphatic heterocycles. The molecule has 0 atom stereocenters. The van der Waals surface area contributed by atoms with Gasteiger partial charge in [-0.25, -0.2) is 0 Å². The van der Waals surface area contributed by atoms with Crippen LogP contribution >= 0.6 is 0 Å². The second-order valence-electron chi connectivity index (χ2n) is 6.09. The number of nitrogens with zero attached hydrogens (tertiary/aromatic N) is 2. The Hall–Kier alpha value is -3.33. The Morgan fingerprint density at radius 3 is 2.46 bits per heavy atom. The van der Waals surface area contributed by atoms with Crippen LogP contribution in [0.2, 0.25) is 0 Å². The van der Waals surface area contributed by atoms with Gasteiger partial charge in [0, 0.05) is 12.1 Å². The maximum atomic E-state index is 10.8. The lowest BCUT2D eigenvalue weighted by molar-refractivity contribution is -0.384. The average Bonchev–Trinajstić information content (AvgIpc) is 2.64. The lowest BCUT2D eigenvalue weighted by atomic mass is 10.0. The zero-order chi connectivity index (χ0) is 19.1. The molecule has 2 aromatic rings. The Bertz CT molecular complexity index is 849. The largest absolute Gasteiger partial charge is 0.493 e. The summed E-state index contributed by atoms with van der Waals surface area (Å²) < 4.78 is 11.1. The number of nitro benzene ring substituents is 1. The molecule has 0 N–H and O–H groups in total. The number of nitro groups is 1. The molecule has 0 amide bonds. The van der Waals surface area contributed by atoms with E-state index in [-0.39, 0.29) is 5.69 Å². The van der Waals surface area contributed by atoms with Crippen molar-refractivity contribution in [3.05, 3.63) is 63.7 Å². The van der Waals surface area contributed by atoms with Crippen molar-refractivity contribution in [3.63, 3.8) is 0 Å². The van der Waals surface area contributed by atoms with E-state index in [0.29, 0.717) is 35.2 Å². The van der Waals surface area contributed by atoms with Crippen molar-refractivity contribution in [2.75, 3.05) is 13.7 Å². The predicted octanol–water partition coefficient (Wildman–Crippen LogP) is 4.70. The number of rotatable bonds is 7. The fourth-order valence-electron chi connectivity index (χ4n) is 2.26. The highest BCUT2D eigenvalue weighted by Crippen LogP contribution is 2.30. The molecule has 0 saturated heterocycles. The van der Waals surface area contributed by atoms with E-state index in [0.717, 1.165) is 5.56 Å². The summed E-state index contributed by atoms with van der Waals surface area (Å²) in [7, 11) is 1.57. The van der Waals surface area contributed by atoms with Gasteiger partial charge in [-0.15, -0.1) is 0 Å². The van der Waals surface area contributed by atoms with Gasteiger partial charge < -0.3 is 9.47 Å². The van der Waals surface area contributed by atoms with E-state index < -0.39 is 4.92 Å². The molecule has 0 radical (unpaired) electrons. The topological polar surface area (TPSA) is 85.4 Å². The SMILES string of the molecule is COc1ccc(C=C(C#N)c2ccc([N+](=O)[O-])cc2)cc1OCC(C)C. The number of nitriles is 1. The van der Waals surface area contributed by atoms with Crippen LogP contribution in [0.4, 0.5) is 5.69 Å². The number of allylic oxidation sites excluding steroid dienone is 1. The minimum Gasteiger partial charge on any atom is -0.493 e. The fourth-order valence-corrected chi connectivity index (χ4v) is 2.26. The first-order valence-electron chi connectivity index (χ1n) is 8.12. The molecule has 0 aliphatic rings. The van der Waals surface area contributed by atoms with Gasteiger partial charge in [-0.3, -0.25) is 10.1 Å². The van der Waals surface area contributed by atoms with Gasteiger partial charge in [-0.1, -0.05) is 19.9 Å². The van der Waals surface area contributed by atoms with Crippen LogP contribution in [0.25, 0.3) is 11.6 Å². The molecule has 0 spiro atoms. The van der Waals surface area contributed by atoms with Crippen molar-refractivity contribution in [3.8, 4) is 17.6 Å². The highest BCUT2D eigenvalue weighted by Gasteiger charge is 2.09. The Labute approximate surface area is 152 Å². The van der Waals surface area contributed by atoms with Crippen LogP contribution in [0, 0.1) is 27.4 Å². The minimum atomic E-state index is -0.471. The van der Waals surface area contributed by atoms with Crippen molar-refractivity contribution in [2.45, 2.75) is 13.8 Å². The summed E-state index contributed by atoms with van der Waals surface area (Å²) >= 11 is 0. The van der Waals surface area contributed by atoms with E-state index >= 15 is 0 Å².